The highest BCUT2D eigenvalue weighted by molar-refractivity contribution is 6.30. The van der Waals surface area contributed by atoms with Crippen LogP contribution in [0, 0.1) is 5.92 Å². The van der Waals surface area contributed by atoms with E-state index in [4.69, 9.17) is 17.3 Å². The number of nitrogens with two attached hydrogens (primary N) is 1. The summed E-state index contributed by atoms with van der Waals surface area (Å²) in [6.45, 7) is 4.04. The van der Waals surface area contributed by atoms with E-state index in [9.17, 15) is 9.59 Å². The number of benzene rings is 2. The first kappa shape index (κ1) is 23.2. The van der Waals surface area contributed by atoms with Crippen molar-refractivity contribution < 1.29 is 9.59 Å². The zero-order valence-corrected chi connectivity index (χ0v) is 18.0. The summed E-state index contributed by atoms with van der Waals surface area (Å²) in [5.41, 5.74) is 8.20. The lowest BCUT2D eigenvalue weighted by Gasteiger charge is -2.37. The van der Waals surface area contributed by atoms with Crippen LogP contribution in [0.15, 0.2) is 54.6 Å². The predicted octanol–water partition coefficient (Wildman–Crippen LogP) is 3.31. The van der Waals surface area contributed by atoms with Crippen molar-refractivity contribution in [3.05, 3.63) is 70.7 Å². The van der Waals surface area contributed by atoms with Gasteiger partial charge in [0.15, 0.2) is 0 Å². The van der Waals surface area contributed by atoms with Crippen molar-refractivity contribution in [2.75, 3.05) is 26.2 Å². The number of hydrogen-bond donors (Lipinski definition) is 1. The summed E-state index contributed by atoms with van der Waals surface area (Å²) in [5, 5.41) is 0.658. The molecule has 2 N–H and O–H groups in total. The fraction of sp³-hybridized carbons (Fsp3) is 0.364. The quantitative estimate of drug-likeness (QED) is 0.782. The van der Waals surface area contributed by atoms with Gasteiger partial charge in [-0.1, -0.05) is 61.0 Å². The van der Waals surface area contributed by atoms with Crippen LogP contribution in [0.5, 0.6) is 0 Å². The molecule has 1 heterocycles. The summed E-state index contributed by atoms with van der Waals surface area (Å²) in [7, 11) is 0. The van der Waals surface area contributed by atoms with Gasteiger partial charge in [0.2, 0.25) is 11.8 Å². The van der Waals surface area contributed by atoms with E-state index >= 15 is 0 Å². The Kier molecular flexibility index (Phi) is 8.50. The van der Waals surface area contributed by atoms with Crippen molar-refractivity contribution in [1.29, 1.82) is 0 Å². The molecule has 7 heteroatoms. The Bertz CT molecular complexity index is 807. The van der Waals surface area contributed by atoms with Crippen molar-refractivity contribution in [1.82, 2.24) is 9.80 Å². The van der Waals surface area contributed by atoms with Crippen LogP contribution in [0.3, 0.4) is 0 Å². The first-order valence-electron chi connectivity index (χ1n) is 9.57. The average Bonchev–Trinajstić information content (AvgIpc) is 2.74. The number of carbonyl (C=O) groups is 2. The van der Waals surface area contributed by atoms with E-state index in [2.05, 4.69) is 0 Å². The predicted molar refractivity (Wildman–Crippen MR) is 118 cm³/mol. The van der Waals surface area contributed by atoms with Gasteiger partial charge in [-0.15, -0.1) is 12.4 Å². The van der Waals surface area contributed by atoms with Gasteiger partial charge in [0, 0.05) is 37.2 Å². The lowest BCUT2D eigenvalue weighted by Crippen LogP contribution is -2.52. The summed E-state index contributed by atoms with van der Waals surface area (Å²) >= 11 is 5.89. The van der Waals surface area contributed by atoms with Crippen LogP contribution >= 0.6 is 24.0 Å². The highest BCUT2D eigenvalue weighted by Crippen LogP contribution is 2.22. The fourth-order valence-corrected chi connectivity index (χ4v) is 3.60. The van der Waals surface area contributed by atoms with Crippen LogP contribution in [0.1, 0.15) is 24.1 Å². The van der Waals surface area contributed by atoms with E-state index in [1.54, 1.807) is 12.1 Å². The second kappa shape index (κ2) is 10.6. The normalized spacial score (nSPS) is 16.0. The Balaban J connectivity index is 0.00000300. The first-order chi connectivity index (χ1) is 13.5. The van der Waals surface area contributed by atoms with Crippen molar-refractivity contribution in [2.45, 2.75) is 19.4 Å². The number of halogens is 2. The monoisotopic (exact) mass is 435 g/mol. The van der Waals surface area contributed by atoms with E-state index in [-0.39, 0.29) is 36.2 Å². The number of carbonyl (C=O) groups excluding carboxylic acids is 2. The van der Waals surface area contributed by atoms with Crippen LogP contribution in [-0.2, 0) is 16.0 Å². The molecule has 2 unspecified atom stereocenters. The molecule has 0 aliphatic carbocycles. The van der Waals surface area contributed by atoms with Crippen LogP contribution in [-0.4, -0.2) is 47.8 Å². The molecule has 156 valence electrons. The maximum absolute atomic E-state index is 12.8. The molecule has 2 aromatic carbocycles. The topological polar surface area (TPSA) is 66.6 Å². The maximum Gasteiger partial charge on any atom is 0.227 e. The summed E-state index contributed by atoms with van der Waals surface area (Å²) in [4.78, 5) is 29.0. The summed E-state index contributed by atoms with van der Waals surface area (Å²) < 4.78 is 0. The molecule has 1 saturated heterocycles. The van der Waals surface area contributed by atoms with E-state index < -0.39 is 0 Å². The Morgan fingerprint density at radius 1 is 0.966 bits per heavy atom. The third kappa shape index (κ3) is 5.95. The smallest absolute Gasteiger partial charge is 0.227 e. The van der Waals surface area contributed by atoms with Gasteiger partial charge in [-0.05, 0) is 23.3 Å². The summed E-state index contributed by atoms with van der Waals surface area (Å²) in [6, 6.07) is 16.7. The lowest BCUT2D eigenvalue weighted by molar-refractivity contribution is -0.142. The zero-order valence-electron chi connectivity index (χ0n) is 16.5. The first-order valence-corrected chi connectivity index (χ1v) is 9.95. The molecule has 0 aromatic heterocycles. The van der Waals surface area contributed by atoms with E-state index in [0.29, 0.717) is 37.6 Å². The van der Waals surface area contributed by atoms with E-state index in [1.165, 1.54) is 0 Å². The molecule has 2 aromatic rings. The third-order valence-electron chi connectivity index (χ3n) is 5.33. The van der Waals surface area contributed by atoms with Crippen LogP contribution in [0.2, 0.25) is 5.02 Å². The molecule has 2 atom stereocenters. The van der Waals surface area contributed by atoms with Gasteiger partial charge >= 0.3 is 0 Å². The molecule has 0 saturated carbocycles. The zero-order chi connectivity index (χ0) is 20.1. The highest BCUT2D eigenvalue weighted by atomic mass is 35.5. The van der Waals surface area contributed by atoms with Crippen molar-refractivity contribution >= 4 is 35.8 Å². The molecule has 1 aliphatic heterocycles. The second-order valence-electron chi connectivity index (χ2n) is 7.23. The molecule has 1 fully saturated rings. The van der Waals surface area contributed by atoms with Gasteiger partial charge < -0.3 is 15.5 Å². The van der Waals surface area contributed by atoms with Gasteiger partial charge in [0.25, 0.3) is 0 Å². The average molecular weight is 436 g/mol. The number of hydrogen-bond acceptors (Lipinski definition) is 3. The Labute approximate surface area is 183 Å². The minimum Gasteiger partial charge on any atom is -0.339 e. The Morgan fingerprint density at radius 3 is 2.10 bits per heavy atom. The Morgan fingerprint density at radius 2 is 1.52 bits per heavy atom. The summed E-state index contributed by atoms with van der Waals surface area (Å²) in [6.07, 6.45) is 0.348. The number of amides is 2. The number of nitrogens with zero attached hydrogens (tertiary/aromatic N) is 2. The molecule has 1 aliphatic rings. The van der Waals surface area contributed by atoms with Gasteiger partial charge in [0.1, 0.15) is 0 Å². The molecule has 5 nitrogen and oxygen atoms in total. The molecular weight excluding hydrogens is 409 g/mol. The second-order valence-corrected chi connectivity index (χ2v) is 7.67. The van der Waals surface area contributed by atoms with Gasteiger partial charge in [0.05, 0.1) is 12.3 Å². The van der Waals surface area contributed by atoms with E-state index in [1.807, 2.05) is 59.2 Å². The van der Waals surface area contributed by atoms with Crippen LogP contribution in [0.4, 0.5) is 0 Å². The maximum atomic E-state index is 12.8. The van der Waals surface area contributed by atoms with Crippen LogP contribution in [0.25, 0.3) is 0 Å². The summed E-state index contributed by atoms with van der Waals surface area (Å²) in [5.74, 6) is -0.191. The van der Waals surface area contributed by atoms with Gasteiger partial charge in [-0.25, -0.2) is 0 Å². The molecular formula is C22H27Cl2N3O2. The van der Waals surface area contributed by atoms with Crippen molar-refractivity contribution in [2.24, 2.45) is 11.7 Å². The number of piperazine rings is 1. The minimum absolute atomic E-state index is 0. The van der Waals surface area contributed by atoms with Crippen molar-refractivity contribution in [3.8, 4) is 0 Å². The largest absolute Gasteiger partial charge is 0.339 e. The van der Waals surface area contributed by atoms with Gasteiger partial charge in [-0.3, -0.25) is 9.59 Å². The molecule has 2 amide bonds. The van der Waals surface area contributed by atoms with Crippen LogP contribution < -0.4 is 5.73 Å². The Hall–Kier alpha value is -2.08. The minimum atomic E-state index is -0.335. The molecule has 0 spiro atoms. The van der Waals surface area contributed by atoms with Crippen molar-refractivity contribution in [3.63, 3.8) is 0 Å². The SMILES string of the molecule is CC(C(=O)N1CCN(C(=O)Cc2ccc(Cl)cc2)CC1)C(N)c1ccccc1.Cl. The van der Waals surface area contributed by atoms with E-state index in [0.717, 1.165) is 11.1 Å². The molecule has 0 bridgehead atoms. The molecule has 3 rings (SSSR count). The third-order valence-corrected chi connectivity index (χ3v) is 5.58. The molecule has 29 heavy (non-hydrogen) atoms. The lowest BCUT2D eigenvalue weighted by atomic mass is 9.94. The fourth-order valence-electron chi connectivity index (χ4n) is 3.47. The molecule has 0 radical (unpaired) electrons. The highest BCUT2D eigenvalue weighted by Gasteiger charge is 2.30. The standard InChI is InChI=1S/C22H26ClN3O2.ClH/c1-16(21(24)18-5-3-2-4-6-18)22(28)26-13-11-25(12-14-26)20(27)15-17-7-9-19(23)10-8-17;/h2-10,16,21H,11-15,24H2,1H3;1H. The number of rotatable bonds is 5. The van der Waals surface area contributed by atoms with Gasteiger partial charge in [-0.2, -0.15) is 0 Å².